The molecule has 0 radical (unpaired) electrons. The van der Waals surface area contributed by atoms with Gasteiger partial charge in [-0.1, -0.05) is 0 Å². The number of amides is 1. The molecule has 204 valence electrons. The lowest BCUT2D eigenvalue weighted by molar-refractivity contribution is -0.0188. The van der Waals surface area contributed by atoms with Crippen molar-refractivity contribution in [3.05, 3.63) is 24.3 Å². The fourth-order valence-corrected chi connectivity index (χ4v) is 4.75. The summed E-state index contributed by atoms with van der Waals surface area (Å²) >= 11 is 0. The molecule has 0 aliphatic carbocycles. The van der Waals surface area contributed by atoms with Gasteiger partial charge < -0.3 is 24.1 Å². The van der Waals surface area contributed by atoms with E-state index in [1.165, 1.54) is 6.33 Å². The van der Waals surface area contributed by atoms with Gasteiger partial charge in [0, 0.05) is 58.4 Å². The van der Waals surface area contributed by atoms with Crippen molar-refractivity contribution in [3.8, 4) is 0 Å². The predicted molar refractivity (Wildman–Crippen MR) is 133 cm³/mol. The van der Waals surface area contributed by atoms with E-state index in [-0.39, 0.29) is 37.3 Å². The minimum absolute atomic E-state index is 0. The van der Waals surface area contributed by atoms with Crippen LogP contribution in [0, 0.1) is 0 Å². The average Bonchev–Trinajstić information content (AvgIpc) is 3.35. The molecule has 2 aliphatic rings. The van der Waals surface area contributed by atoms with Crippen molar-refractivity contribution < 1.29 is 18.3 Å². The molecular weight excluding hydrogens is 494 g/mol. The lowest BCUT2D eigenvalue weighted by Crippen LogP contribution is -2.50. The number of piperidine rings is 2. The first-order valence-corrected chi connectivity index (χ1v) is 12.0. The van der Waals surface area contributed by atoms with Crippen LogP contribution in [0.1, 0.15) is 72.0 Å². The largest absolute Gasteiger partial charge is 0.444 e. The van der Waals surface area contributed by atoms with Crippen LogP contribution < -0.4 is 5.32 Å². The standard InChI is InChI=1S/C14H23FN4O2.C9H15FN4.ClH/c1-10-8-14(15,11-17-16-9-18(11)5)6-7-19(10)12(20)21-13(2,3)4;1-7-5-9(10,3-4-11-7)8-13-12-6-14(8)2;/h9-10H,6-8H2,1-5H3;6-7,11H,3-5H2,1-2H3;1H/t10-,14+;7-,9+;/m00./s1. The lowest BCUT2D eigenvalue weighted by Gasteiger charge is -2.40. The number of halogens is 3. The molecule has 0 aromatic carbocycles. The van der Waals surface area contributed by atoms with E-state index in [0.29, 0.717) is 37.6 Å². The molecule has 10 nitrogen and oxygen atoms in total. The summed E-state index contributed by atoms with van der Waals surface area (Å²) in [6.45, 7) is 10.3. The molecule has 36 heavy (non-hydrogen) atoms. The summed E-state index contributed by atoms with van der Waals surface area (Å²) in [5.74, 6) is 0.768. The summed E-state index contributed by atoms with van der Waals surface area (Å²) in [5, 5.41) is 18.4. The fourth-order valence-electron chi connectivity index (χ4n) is 4.75. The van der Waals surface area contributed by atoms with Gasteiger partial charge in [-0.2, -0.15) is 0 Å². The lowest BCUT2D eigenvalue weighted by atomic mass is 9.88. The van der Waals surface area contributed by atoms with Crippen LogP contribution in [0.3, 0.4) is 0 Å². The minimum atomic E-state index is -1.55. The molecule has 0 spiro atoms. The van der Waals surface area contributed by atoms with E-state index in [1.807, 2.05) is 34.6 Å². The fraction of sp³-hybridized carbons (Fsp3) is 0.783. The smallest absolute Gasteiger partial charge is 0.410 e. The third-order valence-electron chi connectivity index (χ3n) is 6.40. The highest BCUT2D eigenvalue weighted by atomic mass is 35.5. The highest BCUT2D eigenvalue weighted by Crippen LogP contribution is 2.39. The van der Waals surface area contributed by atoms with Gasteiger partial charge in [-0.25, -0.2) is 13.6 Å². The Kier molecular flexibility index (Phi) is 9.44. The second kappa shape index (κ2) is 11.4. The topological polar surface area (TPSA) is 103 Å². The van der Waals surface area contributed by atoms with E-state index in [9.17, 15) is 9.18 Å². The van der Waals surface area contributed by atoms with Crippen molar-refractivity contribution in [1.82, 2.24) is 39.7 Å². The molecule has 4 rings (SSSR count). The Morgan fingerprint density at radius 2 is 1.56 bits per heavy atom. The Bertz CT molecular complexity index is 1010. The van der Waals surface area contributed by atoms with Gasteiger partial charge in [-0.05, 0) is 41.2 Å². The number of alkyl halides is 2. The first-order chi connectivity index (χ1) is 16.2. The van der Waals surface area contributed by atoms with Gasteiger partial charge in [0.1, 0.15) is 18.3 Å². The molecule has 2 fully saturated rings. The van der Waals surface area contributed by atoms with Crippen molar-refractivity contribution in [2.75, 3.05) is 13.1 Å². The number of aromatic nitrogens is 6. The number of hydrogen-bond acceptors (Lipinski definition) is 7. The van der Waals surface area contributed by atoms with E-state index >= 15 is 4.39 Å². The maximum Gasteiger partial charge on any atom is 0.410 e. The Hall–Kier alpha value is -2.34. The molecule has 0 unspecified atom stereocenters. The monoisotopic (exact) mass is 532 g/mol. The molecule has 2 aromatic heterocycles. The summed E-state index contributed by atoms with van der Waals surface area (Å²) in [4.78, 5) is 13.7. The van der Waals surface area contributed by atoms with Crippen LogP contribution in [0.15, 0.2) is 12.7 Å². The third-order valence-corrected chi connectivity index (χ3v) is 6.40. The molecule has 0 bridgehead atoms. The van der Waals surface area contributed by atoms with Crippen molar-refractivity contribution in [1.29, 1.82) is 0 Å². The van der Waals surface area contributed by atoms with E-state index in [1.54, 1.807) is 34.5 Å². The zero-order valence-electron chi connectivity index (χ0n) is 22.2. The van der Waals surface area contributed by atoms with Gasteiger partial charge >= 0.3 is 6.09 Å². The zero-order valence-corrected chi connectivity index (χ0v) is 23.0. The number of carbonyl (C=O) groups excluding carboxylic acids is 1. The quantitative estimate of drug-likeness (QED) is 0.630. The van der Waals surface area contributed by atoms with Crippen LogP contribution in [-0.2, 0) is 30.2 Å². The summed E-state index contributed by atoms with van der Waals surface area (Å²) in [5.41, 5.74) is -3.41. The van der Waals surface area contributed by atoms with Crippen LogP contribution >= 0.6 is 12.4 Å². The summed E-state index contributed by atoms with van der Waals surface area (Å²) < 4.78 is 38.2. The molecule has 2 saturated heterocycles. The molecule has 2 aliphatic heterocycles. The molecule has 4 heterocycles. The van der Waals surface area contributed by atoms with Crippen molar-refractivity contribution in [2.45, 2.75) is 89.3 Å². The van der Waals surface area contributed by atoms with E-state index in [0.717, 1.165) is 0 Å². The van der Waals surface area contributed by atoms with Gasteiger partial charge in [-0.15, -0.1) is 32.8 Å². The SMILES string of the molecule is C[C@H]1C[C@@](F)(c2nncn2C)CCN1.C[C@H]1C[C@@](F)(c2nncn2C)CCN1C(=O)OC(C)(C)C.Cl. The van der Waals surface area contributed by atoms with Crippen molar-refractivity contribution in [2.24, 2.45) is 14.1 Å². The molecular formula is C23H39ClF2N8O2. The Labute approximate surface area is 217 Å². The Balaban J connectivity index is 0.000000265. The normalized spacial score (nSPS) is 28.5. The van der Waals surface area contributed by atoms with Crippen LogP contribution in [0.4, 0.5) is 13.6 Å². The van der Waals surface area contributed by atoms with Gasteiger partial charge in [0.2, 0.25) is 0 Å². The molecule has 1 amide bonds. The van der Waals surface area contributed by atoms with Crippen LogP contribution in [0.5, 0.6) is 0 Å². The highest BCUT2D eigenvalue weighted by molar-refractivity contribution is 5.85. The Morgan fingerprint density at radius 1 is 1.03 bits per heavy atom. The first kappa shape index (κ1) is 29.9. The van der Waals surface area contributed by atoms with E-state index in [2.05, 4.69) is 25.7 Å². The summed E-state index contributed by atoms with van der Waals surface area (Å²) in [6.07, 6.45) is 3.98. The van der Waals surface area contributed by atoms with Gasteiger partial charge in [-0.3, -0.25) is 0 Å². The number of carbonyl (C=O) groups is 1. The second-order valence-corrected chi connectivity index (χ2v) is 10.7. The molecule has 1 N–H and O–H groups in total. The van der Waals surface area contributed by atoms with E-state index < -0.39 is 23.0 Å². The van der Waals surface area contributed by atoms with Crippen molar-refractivity contribution in [3.63, 3.8) is 0 Å². The molecule has 2 aromatic rings. The second-order valence-electron chi connectivity index (χ2n) is 10.7. The number of likely N-dealkylation sites (tertiary alicyclic amines) is 1. The van der Waals surface area contributed by atoms with E-state index in [4.69, 9.17) is 4.74 Å². The first-order valence-electron chi connectivity index (χ1n) is 12.0. The predicted octanol–water partition coefficient (Wildman–Crippen LogP) is 3.57. The number of nitrogens with zero attached hydrogens (tertiary/aromatic N) is 7. The maximum atomic E-state index is 15.1. The van der Waals surface area contributed by atoms with Crippen molar-refractivity contribution >= 4 is 18.5 Å². The number of ether oxygens (including phenoxy) is 1. The number of rotatable bonds is 2. The van der Waals surface area contributed by atoms with Gasteiger partial charge in [0.15, 0.2) is 23.0 Å². The average molecular weight is 533 g/mol. The zero-order chi connectivity index (χ0) is 26.0. The van der Waals surface area contributed by atoms with Gasteiger partial charge in [0.25, 0.3) is 0 Å². The number of nitrogens with one attached hydrogen (secondary N) is 1. The summed E-state index contributed by atoms with van der Waals surface area (Å²) in [7, 11) is 3.50. The van der Waals surface area contributed by atoms with Crippen LogP contribution in [-0.4, -0.2) is 71.3 Å². The van der Waals surface area contributed by atoms with Gasteiger partial charge in [0.05, 0.1) is 0 Å². The third kappa shape index (κ3) is 6.90. The Morgan fingerprint density at radius 3 is 1.97 bits per heavy atom. The molecule has 13 heteroatoms. The molecule has 0 saturated carbocycles. The maximum absolute atomic E-state index is 15.1. The summed E-state index contributed by atoms with van der Waals surface area (Å²) in [6, 6.07) is -0.0549. The molecule has 4 atom stereocenters. The number of hydrogen-bond donors (Lipinski definition) is 1. The van der Waals surface area contributed by atoms with Crippen LogP contribution in [0.2, 0.25) is 0 Å². The van der Waals surface area contributed by atoms with Crippen LogP contribution in [0.25, 0.3) is 0 Å². The highest BCUT2D eigenvalue weighted by Gasteiger charge is 2.45. The minimum Gasteiger partial charge on any atom is -0.444 e. The number of aryl methyl sites for hydroxylation is 2.